The van der Waals surface area contributed by atoms with Crippen LogP contribution in [0.3, 0.4) is 0 Å². The highest BCUT2D eigenvalue weighted by Gasteiger charge is 2.37. The Labute approximate surface area is 339 Å². The quantitative estimate of drug-likeness (QED) is 0.160. The summed E-state index contributed by atoms with van der Waals surface area (Å²) in [6.45, 7) is 0. The van der Waals surface area contributed by atoms with E-state index in [0.717, 1.165) is 55.9 Å². The van der Waals surface area contributed by atoms with Crippen molar-refractivity contribution in [1.82, 2.24) is 9.13 Å². The molecule has 3 nitrogen and oxygen atoms in total. The molecule has 10 rings (SSSR count). The summed E-state index contributed by atoms with van der Waals surface area (Å²) in [7, 11) is 0. The molecule has 9 heteroatoms. The van der Waals surface area contributed by atoms with Crippen LogP contribution >= 0.6 is 0 Å². The first kappa shape index (κ1) is 36.7. The highest BCUT2D eigenvalue weighted by Crippen LogP contribution is 2.45. The zero-order valence-electron chi connectivity index (χ0n) is 31.4. The number of nitrogens with zero attached hydrogens (tertiary/aromatic N) is 3. The van der Waals surface area contributed by atoms with Gasteiger partial charge in [-0.15, -0.1) is 0 Å². The van der Waals surface area contributed by atoms with Crippen molar-refractivity contribution in [2.75, 3.05) is 0 Å². The van der Waals surface area contributed by atoms with Crippen LogP contribution in [-0.4, -0.2) is 9.13 Å². The summed E-state index contributed by atoms with van der Waals surface area (Å²) >= 11 is 0. The number of benzene rings is 8. The molecule has 0 saturated carbocycles. The van der Waals surface area contributed by atoms with Crippen molar-refractivity contribution in [2.24, 2.45) is 0 Å². The van der Waals surface area contributed by atoms with Crippen LogP contribution in [0.4, 0.5) is 26.3 Å². The molecule has 290 valence electrons. The molecule has 0 aliphatic rings. The first-order valence-electron chi connectivity index (χ1n) is 19.0. The average molecular weight is 798 g/mol. The monoisotopic (exact) mass is 797 g/mol. The van der Waals surface area contributed by atoms with Crippen LogP contribution in [0.2, 0.25) is 0 Å². The van der Waals surface area contributed by atoms with E-state index in [1.165, 1.54) is 0 Å². The number of halogens is 6. The van der Waals surface area contributed by atoms with Crippen LogP contribution in [0.15, 0.2) is 176 Å². The van der Waals surface area contributed by atoms with Gasteiger partial charge in [-0.2, -0.15) is 31.6 Å². The molecule has 0 fully saturated rings. The molecule has 0 amide bonds. The van der Waals surface area contributed by atoms with Crippen molar-refractivity contribution in [3.05, 3.63) is 193 Å². The molecule has 60 heavy (non-hydrogen) atoms. The molecule has 0 saturated heterocycles. The predicted octanol–water partition coefficient (Wildman–Crippen LogP) is 14.8. The first-order chi connectivity index (χ1) is 29.0. The van der Waals surface area contributed by atoms with Gasteiger partial charge >= 0.3 is 12.4 Å². The molecule has 0 N–H and O–H groups in total. The first-order valence-corrected chi connectivity index (χ1v) is 19.0. The zero-order valence-corrected chi connectivity index (χ0v) is 31.4. The molecule has 0 spiro atoms. The summed E-state index contributed by atoms with van der Waals surface area (Å²) in [6, 6.07) is 53.4. The molecule has 10 aromatic rings. The minimum atomic E-state index is -5.09. The Morgan fingerprint density at radius 1 is 0.367 bits per heavy atom. The van der Waals surface area contributed by atoms with Crippen molar-refractivity contribution < 1.29 is 26.3 Å². The topological polar surface area (TPSA) is 33.6 Å². The SMILES string of the molecule is N#Cc1cc(-n2c3ccccc3c3ccc(-c4ccccc4)cc32)c(-c2cc(C(F)(F)F)cc(C(F)(F)F)c2)cc1-n1c2ccccc2c2ccc(-c3ccccc3)cc21. The highest BCUT2D eigenvalue weighted by atomic mass is 19.4. The smallest absolute Gasteiger partial charge is 0.309 e. The Morgan fingerprint density at radius 3 is 1.27 bits per heavy atom. The van der Waals surface area contributed by atoms with Gasteiger partial charge in [-0.05, 0) is 82.4 Å². The molecular formula is C51H29F6N3. The fourth-order valence-corrected chi connectivity index (χ4v) is 8.46. The number of nitriles is 1. The van der Waals surface area contributed by atoms with Crippen LogP contribution in [0, 0.1) is 11.3 Å². The van der Waals surface area contributed by atoms with Gasteiger partial charge in [-0.25, -0.2) is 0 Å². The van der Waals surface area contributed by atoms with Crippen molar-refractivity contribution in [2.45, 2.75) is 12.4 Å². The lowest BCUT2D eigenvalue weighted by molar-refractivity contribution is -0.143. The Morgan fingerprint density at radius 2 is 0.800 bits per heavy atom. The maximum Gasteiger partial charge on any atom is 0.416 e. The molecule has 0 unspecified atom stereocenters. The molecule has 0 bridgehead atoms. The van der Waals surface area contributed by atoms with E-state index < -0.39 is 23.5 Å². The van der Waals surface area contributed by atoms with Crippen LogP contribution < -0.4 is 0 Å². The number of rotatable bonds is 5. The van der Waals surface area contributed by atoms with Crippen LogP contribution in [0.5, 0.6) is 0 Å². The van der Waals surface area contributed by atoms with Gasteiger partial charge < -0.3 is 9.13 Å². The van der Waals surface area contributed by atoms with Crippen LogP contribution in [0.25, 0.3) is 88.4 Å². The second-order valence-corrected chi connectivity index (χ2v) is 14.7. The van der Waals surface area contributed by atoms with Gasteiger partial charge in [0.25, 0.3) is 0 Å². The Hall–Kier alpha value is -7.57. The van der Waals surface area contributed by atoms with Crippen LogP contribution in [0.1, 0.15) is 16.7 Å². The van der Waals surface area contributed by atoms with E-state index in [2.05, 4.69) is 6.07 Å². The van der Waals surface area contributed by atoms with Gasteiger partial charge in [-0.1, -0.05) is 121 Å². The minimum absolute atomic E-state index is 0.0681. The maximum absolute atomic E-state index is 14.6. The molecule has 2 aromatic heterocycles. The third kappa shape index (κ3) is 6.07. The number of hydrogen-bond donors (Lipinski definition) is 0. The van der Waals surface area contributed by atoms with Gasteiger partial charge in [0.15, 0.2) is 0 Å². The average Bonchev–Trinajstić information content (AvgIpc) is 3.77. The second kappa shape index (κ2) is 13.8. The fraction of sp³-hybridized carbons (Fsp3) is 0.0392. The molecule has 0 radical (unpaired) electrons. The van der Waals surface area contributed by atoms with E-state index in [-0.39, 0.29) is 28.4 Å². The molecule has 2 heterocycles. The third-order valence-electron chi connectivity index (χ3n) is 11.2. The van der Waals surface area contributed by atoms with Crippen molar-refractivity contribution in [1.29, 1.82) is 5.26 Å². The highest BCUT2D eigenvalue weighted by molar-refractivity contribution is 6.12. The third-order valence-corrected chi connectivity index (χ3v) is 11.2. The summed E-state index contributed by atoms with van der Waals surface area (Å²) in [5.41, 5.74) is 3.88. The zero-order chi connectivity index (χ0) is 41.3. The summed E-state index contributed by atoms with van der Waals surface area (Å²) in [4.78, 5) is 0. The number of para-hydroxylation sites is 2. The molecular weight excluding hydrogens is 769 g/mol. The largest absolute Gasteiger partial charge is 0.416 e. The minimum Gasteiger partial charge on any atom is -0.309 e. The van der Waals surface area contributed by atoms with E-state index in [0.29, 0.717) is 27.8 Å². The maximum atomic E-state index is 14.6. The van der Waals surface area contributed by atoms with E-state index in [9.17, 15) is 31.6 Å². The summed E-state index contributed by atoms with van der Waals surface area (Å²) < 4.78 is 91.2. The molecule has 8 aromatic carbocycles. The Bertz CT molecular complexity index is 3320. The van der Waals surface area contributed by atoms with Gasteiger partial charge in [0.1, 0.15) is 6.07 Å². The van der Waals surface area contributed by atoms with Gasteiger partial charge in [-0.3, -0.25) is 0 Å². The number of alkyl halides is 6. The summed E-state index contributed by atoms with van der Waals surface area (Å²) in [5.74, 6) is 0. The molecule has 0 aliphatic heterocycles. The normalized spacial score (nSPS) is 12.2. The van der Waals surface area contributed by atoms with Gasteiger partial charge in [0, 0.05) is 27.1 Å². The standard InChI is InChI=1S/C51H29F6N3/c52-50(53,54)37-23-35(24-38(28-37)51(55,56)57)43-29-46(59-44-17-9-7-15-39(44)41-21-19-33(25-47(41)59)31-11-3-1-4-12-31)36(30-58)27-49(43)60-45-18-10-8-16-40(45)42-22-20-34(26-48(42)60)32-13-5-2-6-14-32/h1-29H. The van der Waals surface area contributed by atoms with Crippen molar-refractivity contribution in [3.63, 3.8) is 0 Å². The summed E-state index contributed by atoms with van der Waals surface area (Å²) in [5, 5.41) is 14.4. The fourth-order valence-electron chi connectivity index (χ4n) is 8.46. The van der Waals surface area contributed by atoms with E-state index >= 15 is 0 Å². The van der Waals surface area contributed by atoms with E-state index in [4.69, 9.17) is 0 Å². The Kier molecular flexibility index (Phi) is 8.44. The Balaban J connectivity index is 1.35. The molecule has 0 aliphatic carbocycles. The van der Waals surface area contributed by atoms with Crippen LogP contribution in [-0.2, 0) is 12.4 Å². The van der Waals surface area contributed by atoms with Gasteiger partial charge in [0.05, 0.1) is 50.1 Å². The predicted molar refractivity (Wildman–Crippen MR) is 226 cm³/mol. The number of fused-ring (bicyclic) bond motifs is 6. The lowest BCUT2D eigenvalue weighted by Crippen LogP contribution is -2.11. The van der Waals surface area contributed by atoms with Crippen molar-refractivity contribution >= 4 is 43.6 Å². The number of hydrogen-bond acceptors (Lipinski definition) is 1. The van der Waals surface area contributed by atoms with Crippen molar-refractivity contribution in [3.8, 4) is 50.8 Å². The lowest BCUT2D eigenvalue weighted by atomic mass is 9.95. The second-order valence-electron chi connectivity index (χ2n) is 14.7. The van der Waals surface area contributed by atoms with E-state index in [1.807, 2.05) is 155 Å². The van der Waals surface area contributed by atoms with Gasteiger partial charge in [0.2, 0.25) is 0 Å². The molecule has 0 atom stereocenters. The van der Waals surface area contributed by atoms with E-state index in [1.54, 1.807) is 12.1 Å². The lowest BCUT2D eigenvalue weighted by Gasteiger charge is -2.21. The summed E-state index contributed by atoms with van der Waals surface area (Å²) in [6.07, 6.45) is -10.2. The number of aromatic nitrogens is 2.